The molecular formula is C49H82O17P2. The first-order valence-corrected chi connectivity index (χ1v) is 27.3. The third-order valence-electron chi connectivity index (χ3n) is 10.5. The Bertz CT molecular complexity index is 1650. The summed E-state index contributed by atoms with van der Waals surface area (Å²) in [6, 6.07) is 0. The zero-order chi connectivity index (χ0) is 50.5. The minimum Gasteiger partial charge on any atom is -0.462 e. The van der Waals surface area contributed by atoms with Gasteiger partial charge in [-0.2, -0.15) is 0 Å². The number of phosphoric acid groups is 2. The molecule has 0 aromatic carbocycles. The summed E-state index contributed by atoms with van der Waals surface area (Å²) < 4.78 is 49.2. The summed E-state index contributed by atoms with van der Waals surface area (Å²) in [4.78, 5) is 54.3. The van der Waals surface area contributed by atoms with Crippen molar-refractivity contribution in [3.63, 3.8) is 0 Å². The van der Waals surface area contributed by atoms with Crippen LogP contribution in [0.4, 0.5) is 0 Å². The largest absolute Gasteiger partial charge is 0.472 e. The maximum atomic E-state index is 13.0. The van der Waals surface area contributed by atoms with Crippen molar-refractivity contribution in [1.29, 1.82) is 0 Å². The molecule has 0 heterocycles. The summed E-state index contributed by atoms with van der Waals surface area (Å²) >= 11 is 0. The van der Waals surface area contributed by atoms with Crippen LogP contribution in [0.3, 0.4) is 0 Å². The molecule has 9 atom stereocenters. The van der Waals surface area contributed by atoms with Gasteiger partial charge in [0.2, 0.25) is 0 Å². The van der Waals surface area contributed by atoms with Gasteiger partial charge in [0.25, 0.3) is 0 Å². The van der Waals surface area contributed by atoms with Crippen LogP contribution in [0.25, 0.3) is 0 Å². The van der Waals surface area contributed by atoms with E-state index in [2.05, 4.69) is 79.1 Å². The van der Waals surface area contributed by atoms with Crippen molar-refractivity contribution in [1.82, 2.24) is 0 Å². The summed E-state index contributed by atoms with van der Waals surface area (Å²) in [5.41, 5.74) is 0. The quantitative estimate of drug-likeness (QED) is 0.00944. The van der Waals surface area contributed by atoms with Crippen LogP contribution >= 0.6 is 15.6 Å². The monoisotopic (exact) mass is 1000 g/mol. The van der Waals surface area contributed by atoms with Crippen LogP contribution in [0.15, 0.2) is 85.1 Å². The molecule has 19 heteroatoms. The van der Waals surface area contributed by atoms with Crippen LogP contribution in [0.1, 0.15) is 149 Å². The van der Waals surface area contributed by atoms with E-state index in [1.54, 1.807) is 12.2 Å². The first-order chi connectivity index (χ1) is 32.5. The summed E-state index contributed by atoms with van der Waals surface area (Å²) in [6.45, 7) is 2.86. The molecule has 0 amide bonds. The van der Waals surface area contributed by atoms with Gasteiger partial charge in [0.05, 0.1) is 12.7 Å². The van der Waals surface area contributed by atoms with Gasteiger partial charge in [-0.1, -0.05) is 137 Å². The van der Waals surface area contributed by atoms with Gasteiger partial charge in [-0.3, -0.25) is 23.2 Å². The fourth-order valence-electron chi connectivity index (χ4n) is 6.72. The second-order valence-electron chi connectivity index (χ2n) is 16.7. The molecule has 0 bridgehead atoms. The van der Waals surface area contributed by atoms with Crippen molar-refractivity contribution in [2.45, 2.75) is 198 Å². The normalized spacial score (nSPS) is 22.4. The highest BCUT2D eigenvalue weighted by Gasteiger charge is 2.54. The Labute approximate surface area is 404 Å². The number of rotatable bonds is 39. The molecule has 1 saturated carbocycles. The first-order valence-electron chi connectivity index (χ1n) is 24.2. The Hall–Kier alpha value is -2.86. The number of carbonyl (C=O) groups is 2. The van der Waals surface area contributed by atoms with E-state index >= 15 is 0 Å². The van der Waals surface area contributed by atoms with Gasteiger partial charge in [0.1, 0.15) is 43.2 Å². The van der Waals surface area contributed by atoms with Gasteiger partial charge >= 0.3 is 27.6 Å². The summed E-state index contributed by atoms with van der Waals surface area (Å²) in [5, 5.41) is 51.6. The number of allylic oxidation sites excluding steroid dienone is 13. The lowest BCUT2D eigenvalue weighted by molar-refractivity contribution is -0.216. The van der Waals surface area contributed by atoms with Crippen molar-refractivity contribution in [3.8, 4) is 0 Å². The van der Waals surface area contributed by atoms with Crippen LogP contribution in [-0.4, -0.2) is 114 Å². The highest BCUT2D eigenvalue weighted by Crippen LogP contribution is 2.49. The molecule has 1 aliphatic carbocycles. The van der Waals surface area contributed by atoms with E-state index in [0.29, 0.717) is 12.8 Å². The number of hydrogen-bond acceptors (Lipinski definition) is 14. The van der Waals surface area contributed by atoms with Crippen molar-refractivity contribution in [2.75, 3.05) is 13.2 Å². The highest BCUT2D eigenvalue weighted by atomic mass is 31.2. The first kappa shape index (κ1) is 63.2. The van der Waals surface area contributed by atoms with Crippen molar-refractivity contribution in [3.05, 3.63) is 85.1 Å². The van der Waals surface area contributed by atoms with Gasteiger partial charge in [0, 0.05) is 12.8 Å². The van der Waals surface area contributed by atoms with Crippen LogP contribution in [0, 0.1) is 0 Å². The van der Waals surface area contributed by atoms with Gasteiger partial charge in [-0.15, -0.1) is 0 Å². The minimum atomic E-state index is -5.39. The van der Waals surface area contributed by atoms with Crippen molar-refractivity contribution in [2.24, 2.45) is 0 Å². The van der Waals surface area contributed by atoms with Gasteiger partial charge in [-0.05, 0) is 83.5 Å². The van der Waals surface area contributed by atoms with Crippen molar-refractivity contribution >= 4 is 27.6 Å². The molecule has 17 nitrogen and oxygen atoms in total. The third kappa shape index (κ3) is 32.9. The molecule has 5 unspecified atom stereocenters. The topological polar surface area (TPSA) is 276 Å². The Balaban J connectivity index is 2.69. The van der Waals surface area contributed by atoms with Gasteiger partial charge < -0.3 is 49.7 Å². The molecular weight excluding hydrogens is 922 g/mol. The molecule has 0 saturated heterocycles. The molecule has 0 aromatic rings. The number of carbonyl (C=O) groups excluding carboxylic acids is 2. The zero-order valence-electron chi connectivity index (χ0n) is 40.1. The van der Waals surface area contributed by atoms with Crippen LogP contribution in [0.2, 0.25) is 0 Å². The van der Waals surface area contributed by atoms with E-state index in [9.17, 15) is 58.9 Å². The molecule has 0 aromatic heterocycles. The number of unbranched alkanes of at least 4 members (excludes halogenated alkanes) is 10. The molecule has 1 fully saturated rings. The smallest absolute Gasteiger partial charge is 0.462 e. The number of ether oxygens (including phenoxy) is 2. The van der Waals surface area contributed by atoms with E-state index < -0.39 is 89.6 Å². The van der Waals surface area contributed by atoms with Crippen LogP contribution < -0.4 is 0 Å². The molecule has 0 spiro atoms. The Morgan fingerprint density at radius 2 is 1.03 bits per heavy atom. The summed E-state index contributed by atoms with van der Waals surface area (Å²) in [6.07, 6.45) is 29.8. The lowest BCUT2D eigenvalue weighted by Gasteiger charge is -2.43. The third-order valence-corrected chi connectivity index (χ3v) is 12.0. The lowest BCUT2D eigenvalue weighted by Crippen LogP contribution is -2.64. The molecule has 8 N–H and O–H groups in total. The summed E-state index contributed by atoms with van der Waals surface area (Å²) in [7, 11) is -10.8. The van der Waals surface area contributed by atoms with Crippen LogP contribution in [0.5, 0.6) is 0 Å². The molecule has 1 rings (SSSR count). The van der Waals surface area contributed by atoms with Crippen molar-refractivity contribution < 1.29 is 82.0 Å². The Morgan fingerprint density at radius 1 is 0.544 bits per heavy atom. The fourth-order valence-corrected chi connectivity index (χ4v) is 8.26. The van der Waals surface area contributed by atoms with E-state index in [1.165, 1.54) is 38.5 Å². The predicted molar refractivity (Wildman–Crippen MR) is 261 cm³/mol. The predicted octanol–water partition coefficient (Wildman–Crippen LogP) is 8.36. The fraction of sp³-hybridized carbons (Fsp3) is 0.673. The number of aliphatic hydroxyl groups excluding tert-OH is 5. The second kappa shape index (κ2) is 38.8. The van der Waals surface area contributed by atoms with E-state index in [1.807, 2.05) is 12.2 Å². The molecule has 0 aliphatic heterocycles. The number of esters is 2. The number of aliphatic hydroxyl groups is 5. The average molecular weight is 1010 g/mol. The number of phosphoric ester groups is 2. The Kier molecular flexibility index (Phi) is 36.1. The SMILES string of the molecule is CCCCC/C=C\C/C=C\C/C=C\C=C\[C@@H](O)CCCC(=O)OC[C@H](COP(=O)(O)O[C@H]1C(O)C(O)C(O)[C@@H](OP(=O)(O)O)C1O)OC(=O)CCCCCC/C=C\C/C=C\C/C=C\CCCCC. The zero-order valence-corrected chi connectivity index (χ0v) is 41.9. The maximum absolute atomic E-state index is 13.0. The van der Waals surface area contributed by atoms with E-state index in [0.717, 1.165) is 57.8 Å². The Morgan fingerprint density at radius 3 is 1.57 bits per heavy atom. The highest BCUT2D eigenvalue weighted by molar-refractivity contribution is 7.47. The molecule has 68 heavy (non-hydrogen) atoms. The van der Waals surface area contributed by atoms with Gasteiger partial charge in [0.15, 0.2) is 6.10 Å². The average Bonchev–Trinajstić information content (AvgIpc) is 3.29. The van der Waals surface area contributed by atoms with Crippen LogP contribution in [-0.2, 0) is 41.8 Å². The molecule has 1 aliphatic rings. The molecule has 390 valence electrons. The lowest BCUT2D eigenvalue weighted by atomic mass is 9.85. The maximum Gasteiger partial charge on any atom is 0.472 e. The van der Waals surface area contributed by atoms with E-state index in [4.69, 9.17) is 18.5 Å². The second-order valence-corrected chi connectivity index (χ2v) is 19.3. The summed E-state index contributed by atoms with van der Waals surface area (Å²) in [5.74, 6) is -1.44. The van der Waals surface area contributed by atoms with Gasteiger partial charge in [-0.25, -0.2) is 9.13 Å². The standard InChI is InChI=1S/C49H82O17P2/c1-3-5-7-9-11-13-15-17-18-19-20-22-24-26-28-30-32-36-43(52)64-41(39-63-68(60,61)66-49-46(55)44(53)45(54)48(47(49)56)65-67(57,58)59)38-62-42(51)37-33-35-40(50)34-31-29-27-25-23-21-16-14-12-10-8-6-4-2/h11-14,17-18,20-23,27,29,31,34,40-41,44-50,53-56H,3-10,15-16,19,24-26,28,30,32-33,35-39H2,1-2H3,(H,60,61)(H2,57,58,59)/b13-11-,14-12-,18-17-,22-20-,23-21-,29-27-,34-31+/t40-,41-,44?,45?,46?,47?,48-,49+/m1/s1. The molecule has 0 radical (unpaired) electrons. The van der Waals surface area contributed by atoms with E-state index in [-0.39, 0.29) is 25.7 Å². The number of hydrogen-bond donors (Lipinski definition) is 8. The minimum absolute atomic E-state index is 0.0266.